The normalized spacial score (nSPS) is 10.7. The first kappa shape index (κ1) is 14.7. The van der Waals surface area contributed by atoms with Crippen LogP contribution < -0.4 is 10.2 Å². The van der Waals surface area contributed by atoms with E-state index >= 15 is 0 Å². The van der Waals surface area contributed by atoms with Crippen molar-refractivity contribution in [3.63, 3.8) is 0 Å². The molecule has 0 aromatic carbocycles. The highest BCUT2D eigenvalue weighted by Crippen LogP contribution is 2.13. The van der Waals surface area contributed by atoms with E-state index in [-0.39, 0.29) is 0 Å². The summed E-state index contributed by atoms with van der Waals surface area (Å²) in [6.07, 6.45) is 2.74. The average molecular weight is 251 g/mol. The largest absolute Gasteiger partial charge is 0.370 e. The predicted octanol–water partition coefficient (Wildman–Crippen LogP) is 1.69. The van der Waals surface area contributed by atoms with E-state index in [1.165, 1.54) is 0 Å². The minimum atomic E-state index is 0.908. The Bertz CT molecular complexity index is 336. The van der Waals surface area contributed by atoms with E-state index in [2.05, 4.69) is 53.0 Å². The Morgan fingerprint density at radius 3 is 2.50 bits per heavy atom. The standard InChI is InChI=1S/C13H25N5/c1-5-18(6-2)13-10-12(15-11-16-13)14-8-7-9-17(3)4/h10-11H,5-9H2,1-4H3,(H,14,15,16). The third-order valence-electron chi connectivity index (χ3n) is 2.83. The molecule has 1 aromatic rings. The monoisotopic (exact) mass is 251 g/mol. The molecule has 0 fully saturated rings. The van der Waals surface area contributed by atoms with Gasteiger partial charge in [0.1, 0.15) is 18.0 Å². The highest BCUT2D eigenvalue weighted by Gasteiger charge is 2.04. The van der Waals surface area contributed by atoms with Gasteiger partial charge in [-0.15, -0.1) is 0 Å². The van der Waals surface area contributed by atoms with Crippen LogP contribution in [0.1, 0.15) is 20.3 Å². The summed E-state index contributed by atoms with van der Waals surface area (Å²) >= 11 is 0. The van der Waals surface area contributed by atoms with Gasteiger partial charge >= 0.3 is 0 Å². The molecule has 0 aliphatic rings. The molecule has 0 saturated carbocycles. The van der Waals surface area contributed by atoms with Crippen LogP contribution in [0.2, 0.25) is 0 Å². The third kappa shape index (κ3) is 4.87. The van der Waals surface area contributed by atoms with Crippen molar-refractivity contribution in [1.29, 1.82) is 0 Å². The first-order chi connectivity index (χ1) is 8.67. The SMILES string of the molecule is CCN(CC)c1cc(NCCCN(C)C)ncn1. The summed E-state index contributed by atoms with van der Waals surface area (Å²) in [7, 11) is 4.17. The molecule has 0 aliphatic heterocycles. The van der Waals surface area contributed by atoms with Crippen LogP contribution in [0.3, 0.4) is 0 Å². The molecule has 0 atom stereocenters. The van der Waals surface area contributed by atoms with E-state index in [0.29, 0.717) is 0 Å². The summed E-state index contributed by atoms with van der Waals surface area (Å²) in [4.78, 5) is 12.9. The topological polar surface area (TPSA) is 44.3 Å². The van der Waals surface area contributed by atoms with Crippen LogP contribution in [0, 0.1) is 0 Å². The van der Waals surface area contributed by atoms with Gasteiger partial charge in [0, 0.05) is 25.7 Å². The van der Waals surface area contributed by atoms with Gasteiger partial charge < -0.3 is 15.1 Å². The lowest BCUT2D eigenvalue weighted by molar-refractivity contribution is 0.405. The van der Waals surface area contributed by atoms with Gasteiger partial charge in [0.2, 0.25) is 0 Å². The van der Waals surface area contributed by atoms with Crippen LogP contribution in [0.4, 0.5) is 11.6 Å². The number of nitrogens with zero attached hydrogens (tertiary/aromatic N) is 4. The van der Waals surface area contributed by atoms with Gasteiger partial charge in [-0.25, -0.2) is 9.97 Å². The molecule has 0 saturated heterocycles. The van der Waals surface area contributed by atoms with Crippen LogP contribution in [0.15, 0.2) is 12.4 Å². The Kier molecular flexibility index (Phi) is 6.43. The number of hydrogen-bond donors (Lipinski definition) is 1. The van der Waals surface area contributed by atoms with Crippen LogP contribution in [0.5, 0.6) is 0 Å². The number of aromatic nitrogens is 2. The maximum absolute atomic E-state index is 4.30. The van der Waals surface area contributed by atoms with Crippen molar-refractivity contribution >= 4 is 11.6 Å². The first-order valence-electron chi connectivity index (χ1n) is 6.63. The predicted molar refractivity (Wildman–Crippen MR) is 77.3 cm³/mol. The minimum Gasteiger partial charge on any atom is -0.370 e. The van der Waals surface area contributed by atoms with E-state index in [4.69, 9.17) is 0 Å². The van der Waals surface area contributed by atoms with Gasteiger partial charge in [-0.2, -0.15) is 0 Å². The van der Waals surface area contributed by atoms with E-state index < -0.39 is 0 Å². The molecule has 5 nitrogen and oxygen atoms in total. The second kappa shape index (κ2) is 7.87. The van der Waals surface area contributed by atoms with Crippen LogP contribution in [-0.2, 0) is 0 Å². The molecular formula is C13H25N5. The van der Waals surface area contributed by atoms with Crippen molar-refractivity contribution in [2.24, 2.45) is 0 Å². The second-order valence-corrected chi connectivity index (χ2v) is 4.52. The smallest absolute Gasteiger partial charge is 0.134 e. The summed E-state index contributed by atoms with van der Waals surface area (Å²) in [6, 6.07) is 2.02. The molecule has 18 heavy (non-hydrogen) atoms. The minimum absolute atomic E-state index is 0.908. The number of rotatable bonds is 8. The zero-order valence-corrected chi connectivity index (χ0v) is 12.0. The fraction of sp³-hybridized carbons (Fsp3) is 0.692. The molecule has 1 N–H and O–H groups in total. The summed E-state index contributed by atoms with van der Waals surface area (Å²) in [6.45, 7) is 8.22. The van der Waals surface area contributed by atoms with E-state index in [9.17, 15) is 0 Å². The van der Waals surface area contributed by atoms with E-state index in [1.807, 2.05) is 6.07 Å². The quantitative estimate of drug-likeness (QED) is 0.712. The molecule has 0 bridgehead atoms. The molecule has 0 aliphatic carbocycles. The summed E-state index contributed by atoms with van der Waals surface area (Å²) < 4.78 is 0. The van der Waals surface area contributed by atoms with Crippen molar-refractivity contribution in [1.82, 2.24) is 14.9 Å². The van der Waals surface area contributed by atoms with Gasteiger partial charge in [0.05, 0.1) is 0 Å². The van der Waals surface area contributed by atoms with Crippen molar-refractivity contribution in [3.05, 3.63) is 12.4 Å². The van der Waals surface area contributed by atoms with E-state index in [0.717, 1.165) is 44.2 Å². The Morgan fingerprint density at radius 2 is 1.89 bits per heavy atom. The lowest BCUT2D eigenvalue weighted by Crippen LogP contribution is -2.23. The summed E-state index contributed by atoms with van der Waals surface area (Å²) in [5, 5.41) is 3.34. The van der Waals surface area contributed by atoms with Crippen LogP contribution in [-0.4, -0.2) is 55.1 Å². The van der Waals surface area contributed by atoms with Gasteiger partial charge in [0.25, 0.3) is 0 Å². The highest BCUT2D eigenvalue weighted by molar-refractivity contribution is 5.48. The van der Waals surface area contributed by atoms with Crippen molar-refractivity contribution in [2.75, 3.05) is 50.5 Å². The molecule has 1 rings (SSSR count). The van der Waals surface area contributed by atoms with Gasteiger partial charge in [-0.3, -0.25) is 0 Å². The Labute approximate surface area is 110 Å². The molecule has 0 spiro atoms. The lowest BCUT2D eigenvalue weighted by atomic mass is 10.4. The fourth-order valence-corrected chi connectivity index (χ4v) is 1.78. The number of nitrogens with one attached hydrogen (secondary N) is 1. The van der Waals surface area contributed by atoms with Gasteiger partial charge in [-0.05, 0) is 40.9 Å². The summed E-state index contributed by atoms with van der Waals surface area (Å²) in [5.74, 6) is 1.90. The number of hydrogen-bond acceptors (Lipinski definition) is 5. The molecule has 1 aromatic heterocycles. The second-order valence-electron chi connectivity index (χ2n) is 4.52. The van der Waals surface area contributed by atoms with Crippen molar-refractivity contribution in [3.8, 4) is 0 Å². The third-order valence-corrected chi connectivity index (χ3v) is 2.83. The number of anilines is 2. The Morgan fingerprint density at radius 1 is 1.17 bits per heavy atom. The molecule has 5 heteroatoms. The zero-order chi connectivity index (χ0) is 13.4. The van der Waals surface area contributed by atoms with Crippen LogP contribution >= 0.6 is 0 Å². The highest BCUT2D eigenvalue weighted by atomic mass is 15.2. The summed E-state index contributed by atoms with van der Waals surface area (Å²) in [5.41, 5.74) is 0. The molecule has 0 amide bonds. The molecule has 0 unspecified atom stereocenters. The average Bonchev–Trinajstić information content (AvgIpc) is 2.36. The molecule has 1 heterocycles. The lowest BCUT2D eigenvalue weighted by Gasteiger charge is -2.20. The molecule has 102 valence electrons. The van der Waals surface area contributed by atoms with Crippen molar-refractivity contribution in [2.45, 2.75) is 20.3 Å². The molecular weight excluding hydrogens is 226 g/mol. The maximum Gasteiger partial charge on any atom is 0.134 e. The van der Waals surface area contributed by atoms with Crippen molar-refractivity contribution < 1.29 is 0 Å². The maximum atomic E-state index is 4.30. The van der Waals surface area contributed by atoms with E-state index in [1.54, 1.807) is 6.33 Å². The fourth-order valence-electron chi connectivity index (χ4n) is 1.78. The van der Waals surface area contributed by atoms with Gasteiger partial charge in [0.15, 0.2) is 0 Å². The zero-order valence-electron chi connectivity index (χ0n) is 12.0. The first-order valence-corrected chi connectivity index (χ1v) is 6.63. The van der Waals surface area contributed by atoms with Crippen LogP contribution in [0.25, 0.3) is 0 Å². The Hall–Kier alpha value is -1.36. The Balaban J connectivity index is 2.49. The van der Waals surface area contributed by atoms with Gasteiger partial charge in [-0.1, -0.05) is 0 Å². The molecule has 0 radical (unpaired) electrons.